The van der Waals surface area contributed by atoms with Gasteiger partial charge in [0.2, 0.25) is 0 Å². The third kappa shape index (κ3) is 2.46. The summed E-state index contributed by atoms with van der Waals surface area (Å²) in [5, 5.41) is 11.4. The molecule has 0 aromatic carbocycles. The van der Waals surface area contributed by atoms with Crippen LogP contribution in [0, 0.1) is 0 Å². The molecule has 0 aliphatic rings. The third-order valence-corrected chi connectivity index (χ3v) is 1.20. The highest BCUT2D eigenvalue weighted by atomic mass is 16.4. The lowest BCUT2D eigenvalue weighted by atomic mass is 9.98. The maximum absolute atomic E-state index is 8.37. The number of hydrogen-bond acceptors (Lipinski definition) is 3. The fourth-order valence-electron chi connectivity index (χ4n) is 0.655. The van der Waals surface area contributed by atoms with E-state index in [0.29, 0.717) is 12.1 Å². The summed E-state index contributed by atoms with van der Waals surface area (Å²) < 4.78 is 0. The SMILES string of the molecule is CCC(=NO)C(C)(C)N. The molecule has 0 fully saturated rings. The highest BCUT2D eigenvalue weighted by Crippen LogP contribution is 2.03. The summed E-state index contributed by atoms with van der Waals surface area (Å²) in [7, 11) is 0. The van der Waals surface area contributed by atoms with Crippen LogP contribution in [0.1, 0.15) is 27.2 Å². The first-order valence-electron chi connectivity index (χ1n) is 3.02. The van der Waals surface area contributed by atoms with E-state index in [9.17, 15) is 0 Å². The molecule has 0 bridgehead atoms. The van der Waals surface area contributed by atoms with Crippen molar-refractivity contribution in [2.24, 2.45) is 10.9 Å². The Morgan fingerprint density at radius 2 is 2.11 bits per heavy atom. The van der Waals surface area contributed by atoms with Gasteiger partial charge in [-0.25, -0.2) is 0 Å². The number of nitrogens with two attached hydrogens (primary N) is 1. The van der Waals surface area contributed by atoms with Crippen molar-refractivity contribution in [3.05, 3.63) is 0 Å². The Morgan fingerprint density at radius 3 is 2.11 bits per heavy atom. The van der Waals surface area contributed by atoms with Crippen molar-refractivity contribution in [3.8, 4) is 0 Å². The highest BCUT2D eigenvalue weighted by Gasteiger charge is 2.17. The first kappa shape index (κ1) is 8.43. The van der Waals surface area contributed by atoms with Crippen LogP contribution in [0.5, 0.6) is 0 Å². The lowest BCUT2D eigenvalue weighted by Gasteiger charge is -2.17. The number of rotatable bonds is 2. The molecule has 0 rings (SSSR count). The quantitative estimate of drug-likeness (QED) is 0.332. The van der Waals surface area contributed by atoms with Crippen molar-refractivity contribution < 1.29 is 5.21 Å². The van der Waals surface area contributed by atoms with Crippen molar-refractivity contribution in [2.75, 3.05) is 0 Å². The second kappa shape index (κ2) is 2.82. The molecular formula is C6H14N2O. The van der Waals surface area contributed by atoms with Gasteiger partial charge in [-0.15, -0.1) is 0 Å². The van der Waals surface area contributed by atoms with Gasteiger partial charge in [0, 0.05) is 0 Å². The predicted octanol–water partition coefficient (Wildman–Crippen LogP) is 0.964. The van der Waals surface area contributed by atoms with Gasteiger partial charge in [-0.3, -0.25) is 0 Å². The largest absolute Gasteiger partial charge is 0.411 e. The zero-order valence-electron chi connectivity index (χ0n) is 6.18. The fourth-order valence-corrected chi connectivity index (χ4v) is 0.655. The second-order valence-electron chi connectivity index (χ2n) is 2.62. The lowest BCUT2D eigenvalue weighted by Crippen LogP contribution is -2.41. The Bertz CT molecular complexity index is 113. The number of hydrogen-bond donors (Lipinski definition) is 2. The smallest absolute Gasteiger partial charge is 0.0760 e. The fraction of sp³-hybridized carbons (Fsp3) is 0.833. The van der Waals surface area contributed by atoms with Gasteiger partial charge in [-0.2, -0.15) is 0 Å². The summed E-state index contributed by atoms with van der Waals surface area (Å²) >= 11 is 0. The zero-order valence-corrected chi connectivity index (χ0v) is 6.18. The van der Waals surface area contributed by atoms with Crippen LogP contribution in [-0.4, -0.2) is 16.5 Å². The normalized spacial score (nSPS) is 14.0. The van der Waals surface area contributed by atoms with Crippen LogP contribution in [-0.2, 0) is 0 Å². The molecule has 0 spiro atoms. The summed E-state index contributed by atoms with van der Waals surface area (Å²) in [6.07, 6.45) is 0.694. The summed E-state index contributed by atoms with van der Waals surface area (Å²) in [4.78, 5) is 0. The minimum absolute atomic E-state index is 0.483. The molecule has 0 aliphatic carbocycles. The Morgan fingerprint density at radius 1 is 1.67 bits per heavy atom. The van der Waals surface area contributed by atoms with Gasteiger partial charge >= 0.3 is 0 Å². The van der Waals surface area contributed by atoms with Crippen molar-refractivity contribution in [3.63, 3.8) is 0 Å². The first-order chi connectivity index (χ1) is 4.02. The average molecular weight is 130 g/mol. The Labute approximate surface area is 55.5 Å². The van der Waals surface area contributed by atoms with Crippen molar-refractivity contribution in [1.29, 1.82) is 0 Å². The molecule has 0 saturated carbocycles. The monoisotopic (exact) mass is 130 g/mol. The van der Waals surface area contributed by atoms with Crippen LogP contribution < -0.4 is 5.73 Å². The number of oxime groups is 1. The highest BCUT2D eigenvalue weighted by molar-refractivity contribution is 5.91. The molecular weight excluding hydrogens is 116 g/mol. The molecule has 0 saturated heterocycles. The van der Waals surface area contributed by atoms with E-state index >= 15 is 0 Å². The van der Waals surface area contributed by atoms with Gasteiger partial charge in [0.15, 0.2) is 0 Å². The summed E-state index contributed by atoms with van der Waals surface area (Å²) in [6.45, 7) is 5.53. The number of nitrogens with zero attached hydrogens (tertiary/aromatic N) is 1. The predicted molar refractivity (Wildman–Crippen MR) is 37.8 cm³/mol. The van der Waals surface area contributed by atoms with Crippen LogP contribution >= 0.6 is 0 Å². The molecule has 0 amide bonds. The molecule has 0 atom stereocenters. The molecule has 0 aromatic heterocycles. The minimum Gasteiger partial charge on any atom is -0.411 e. The molecule has 9 heavy (non-hydrogen) atoms. The van der Waals surface area contributed by atoms with Crippen LogP contribution in [0.3, 0.4) is 0 Å². The standard InChI is InChI=1S/C6H14N2O/c1-4-5(8-9)6(2,3)7/h9H,4,7H2,1-3H3. The molecule has 54 valence electrons. The van der Waals surface area contributed by atoms with E-state index in [-0.39, 0.29) is 0 Å². The van der Waals surface area contributed by atoms with Crippen molar-refractivity contribution in [2.45, 2.75) is 32.7 Å². The maximum atomic E-state index is 8.37. The van der Waals surface area contributed by atoms with Gasteiger partial charge in [-0.1, -0.05) is 12.1 Å². The maximum Gasteiger partial charge on any atom is 0.0760 e. The van der Waals surface area contributed by atoms with Crippen molar-refractivity contribution >= 4 is 5.71 Å². The van der Waals surface area contributed by atoms with E-state index in [1.165, 1.54) is 0 Å². The van der Waals surface area contributed by atoms with Gasteiger partial charge in [0.05, 0.1) is 11.3 Å². The van der Waals surface area contributed by atoms with E-state index < -0.39 is 5.54 Å². The average Bonchev–Trinajstić information content (AvgIpc) is 1.65. The molecule has 0 heterocycles. The Hall–Kier alpha value is -0.570. The van der Waals surface area contributed by atoms with Gasteiger partial charge in [-0.05, 0) is 20.3 Å². The van der Waals surface area contributed by atoms with Gasteiger partial charge in [0.25, 0.3) is 0 Å². The Balaban J connectivity index is 4.14. The molecule has 0 radical (unpaired) electrons. The first-order valence-corrected chi connectivity index (χ1v) is 3.02. The molecule has 0 unspecified atom stereocenters. The zero-order chi connectivity index (χ0) is 7.49. The molecule has 0 aliphatic heterocycles. The van der Waals surface area contributed by atoms with Crippen LogP contribution in [0.4, 0.5) is 0 Å². The topological polar surface area (TPSA) is 58.6 Å². The van der Waals surface area contributed by atoms with E-state index in [2.05, 4.69) is 5.16 Å². The minimum atomic E-state index is -0.483. The van der Waals surface area contributed by atoms with Crippen LogP contribution in [0.15, 0.2) is 5.16 Å². The summed E-state index contributed by atoms with van der Waals surface area (Å²) in [6, 6.07) is 0. The van der Waals surface area contributed by atoms with E-state index in [1.807, 2.05) is 20.8 Å². The van der Waals surface area contributed by atoms with E-state index in [1.54, 1.807) is 0 Å². The second-order valence-corrected chi connectivity index (χ2v) is 2.62. The van der Waals surface area contributed by atoms with E-state index in [4.69, 9.17) is 10.9 Å². The van der Waals surface area contributed by atoms with Crippen LogP contribution in [0.25, 0.3) is 0 Å². The van der Waals surface area contributed by atoms with Crippen molar-refractivity contribution in [1.82, 2.24) is 0 Å². The van der Waals surface area contributed by atoms with Gasteiger partial charge < -0.3 is 10.9 Å². The summed E-state index contributed by atoms with van der Waals surface area (Å²) in [5.74, 6) is 0. The summed E-state index contributed by atoms with van der Waals surface area (Å²) in [5.41, 5.74) is 5.75. The van der Waals surface area contributed by atoms with Gasteiger partial charge in [0.1, 0.15) is 0 Å². The molecule has 3 N–H and O–H groups in total. The lowest BCUT2D eigenvalue weighted by molar-refractivity contribution is 0.313. The third-order valence-electron chi connectivity index (χ3n) is 1.20. The molecule has 3 nitrogen and oxygen atoms in total. The Kier molecular flexibility index (Phi) is 2.65. The van der Waals surface area contributed by atoms with Crippen LogP contribution in [0.2, 0.25) is 0 Å². The molecule has 0 aromatic rings. The molecule has 3 heteroatoms. The van der Waals surface area contributed by atoms with E-state index in [0.717, 1.165) is 0 Å².